The number of hydrogen-bond acceptors (Lipinski definition) is 3. The molecule has 1 heterocycles. The smallest absolute Gasteiger partial charge is 0.255 e. The molecule has 30 heavy (non-hydrogen) atoms. The van der Waals surface area contributed by atoms with E-state index in [0.717, 1.165) is 23.2 Å². The SMILES string of the molecule is CC1=C[C@@H]2C[C@@H]1[C@@H]1C(=O)N(c3cccc(C(=O)Nc4cccc(C)c4C)c3)C(=O)[C@H]12. The van der Waals surface area contributed by atoms with Gasteiger partial charge in [0.15, 0.2) is 0 Å². The van der Waals surface area contributed by atoms with E-state index in [1.54, 1.807) is 24.3 Å². The van der Waals surface area contributed by atoms with E-state index in [9.17, 15) is 14.4 Å². The largest absolute Gasteiger partial charge is 0.322 e. The molecule has 2 bridgehead atoms. The molecule has 2 aromatic rings. The Morgan fingerprint density at radius 1 is 1.00 bits per heavy atom. The summed E-state index contributed by atoms with van der Waals surface area (Å²) in [6, 6.07) is 12.6. The lowest BCUT2D eigenvalue weighted by Gasteiger charge is -2.19. The van der Waals surface area contributed by atoms with Crippen LogP contribution in [-0.2, 0) is 9.59 Å². The molecule has 5 rings (SSSR count). The monoisotopic (exact) mass is 400 g/mol. The summed E-state index contributed by atoms with van der Waals surface area (Å²) in [5.41, 5.74) is 4.99. The topological polar surface area (TPSA) is 66.5 Å². The maximum absolute atomic E-state index is 13.2. The van der Waals surface area contributed by atoms with Crippen LogP contribution in [0.2, 0.25) is 0 Å². The maximum Gasteiger partial charge on any atom is 0.255 e. The number of allylic oxidation sites excluding steroid dienone is 2. The molecule has 4 atom stereocenters. The Labute approximate surface area is 175 Å². The molecule has 0 unspecified atom stereocenters. The lowest BCUT2D eigenvalue weighted by Crippen LogP contribution is -2.33. The Morgan fingerprint density at radius 2 is 1.73 bits per heavy atom. The van der Waals surface area contributed by atoms with Crippen molar-refractivity contribution in [2.45, 2.75) is 27.2 Å². The number of carbonyl (C=O) groups is 3. The van der Waals surface area contributed by atoms with Crippen molar-refractivity contribution in [1.82, 2.24) is 0 Å². The number of anilines is 2. The minimum atomic E-state index is -0.262. The normalized spacial score (nSPS) is 26.8. The summed E-state index contributed by atoms with van der Waals surface area (Å²) in [6.45, 7) is 6.02. The van der Waals surface area contributed by atoms with Crippen molar-refractivity contribution >= 4 is 29.1 Å². The summed E-state index contributed by atoms with van der Waals surface area (Å²) in [6.07, 6.45) is 3.07. The van der Waals surface area contributed by atoms with E-state index >= 15 is 0 Å². The summed E-state index contributed by atoms with van der Waals surface area (Å²) < 4.78 is 0. The summed E-state index contributed by atoms with van der Waals surface area (Å²) >= 11 is 0. The molecule has 1 saturated carbocycles. The van der Waals surface area contributed by atoms with Crippen molar-refractivity contribution in [3.05, 3.63) is 70.8 Å². The van der Waals surface area contributed by atoms with Gasteiger partial charge >= 0.3 is 0 Å². The number of nitrogens with one attached hydrogen (secondary N) is 1. The van der Waals surface area contributed by atoms with Gasteiger partial charge in [0.05, 0.1) is 17.5 Å². The Balaban J connectivity index is 1.42. The molecular formula is C25H24N2O3. The molecule has 1 aliphatic heterocycles. The first kappa shape index (κ1) is 18.8. The average molecular weight is 400 g/mol. The second-order valence-electron chi connectivity index (χ2n) is 8.73. The Hall–Kier alpha value is -3.21. The fourth-order valence-electron chi connectivity index (χ4n) is 5.40. The van der Waals surface area contributed by atoms with Gasteiger partial charge in [-0.25, -0.2) is 4.90 Å². The second-order valence-corrected chi connectivity index (χ2v) is 8.73. The quantitative estimate of drug-likeness (QED) is 0.618. The molecule has 5 nitrogen and oxygen atoms in total. The van der Waals surface area contributed by atoms with Crippen molar-refractivity contribution in [2.24, 2.45) is 23.7 Å². The summed E-state index contributed by atoms with van der Waals surface area (Å²) in [5.74, 6) is -0.680. The number of fused-ring (bicyclic) bond motifs is 5. The second kappa shape index (κ2) is 6.66. The molecule has 0 radical (unpaired) electrons. The van der Waals surface area contributed by atoms with E-state index in [1.807, 2.05) is 32.0 Å². The summed E-state index contributed by atoms with van der Waals surface area (Å²) in [5, 5.41) is 2.94. The van der Waals surface area contributed by atoms with Crippen molar-refractivity contribution in [2.75, 3.05) is 10.2 Å². The zero-order valence-electron chi connectivity index (χ0n) is 17.3. The fourth-order valence-corrected chi connectivity index (χ4v) is 5.40. The predicted octanol–water partition coefficient (Wildman–Crippen LogP) is 4.26. The number of carbonyl (C=O) groups excluding carboxylic acids is 3. The van der Waals surface area contributed by atoms with Gasteiger partial charge in [0.1, 0.15) is 0 Å². The molecule has 0 spiro atoms. The van der Waals surface area contributed by atoms with Crippen LogP contribution in [-0.4, -0.2) is 17.7 Å². The fraction of sp³-hybridized carbons (Fsp3) is 0.320. The van der Waals surface area contributed by atoms with Gasteiger partial charge in [-0.2, -0.15) is 0 Å². The van der Waals surface area contributed by atoms with E-state index in [-0.39, 0.29) is 41.4 Å². The summed E-state index contributed by atoms with van der Waals surface area (Å²) in [4.78, 5) is 40.4. The van der Waals surface area contributed by atoms with E-state index < -0.39 is 0 Å². The minimum absolute atomic E-state index is 0.128. The first-order valence-electron chi connectivity index (χ1n) is 10.4. The Morgan fingerprint density at radius 3 is 2.53 bits per heavy atom. The van der Waals surface area contributed by atoms with Crippen molar-refractivity contribution in [3.63, 3.8) is 0 Å². The van der Waals surface area contributed by atoms with Crippen LogP contribution in [0.4, 0.5) is 11.4 Å². The van der Waals surface area contributed by atoms with Gasteiger partial charge in [0.25, 0.3) is 5.91 Å². The van der Waals surface area contributed by atoms with E-state index in [2.05, 4.69) is 18.3 Å². The molecular weight excluding hydrogens is 376 g/mol. The van der Waals surface area contributed by atoms with Crippen LogP contribution in [0.1, 0.15) is 34.8 Å². The number of nitrogens with zero attached hydrogens (tertiary/aromatic N) is 1. The number of rotatable bonds is 3. The average Bonchev–Trinajstić information content (AvgIpc) is 3.36. The maximum atomic E-state index is 13.2. The summed E-state index contributed by atoms with van der Waals surface area (Å²) in [7, 11) is 0. The van der Waals surface area contributed by atoms with Gasteiger partial charge in [-0.05, 0) is 74.4 Å². The number of aryl methyl sites for hydroxylation is 1. The first-order chi connectivity index (χ1) is 14.4. The first-order valence-corrected chi connectivity index (χ1v) is 10.4. The Bertz CT molecular complexity index is 1130. The molecule has 2 fully saturated rings. The van der Waals surface area contributed by atoms with Crippen LogP contribution in [0, 0.1) is 37.5 Å². The van der Waals surface area contributed by atoms with Gasteiger partial charge in [0, 0.05) is 11.3 Å². The highest BCUT2D eigenvalue weighted by Gasteiger charge is 2.60. The molecule has 5 heteroatoms. The molecule has 1 saturated heterocycles. The highest BCUT2D eigenvalue weighted by molar-refractivity contribution is 6.23. The predicted molar refractivity (Wildman–Crippen MR) is 115 cm³/mol. The van der Waals surface area contributed by atoms with Crippen LogP contribution in [0.3, 0.4) is 0 Å². The van der Waals surface area contributed by atoms with Crippen molar-refractivity contribution in [3.8, 4) is 0 Å². The number of imide groups is 1. The van der Waals surface area contributed by atoms with Gasteiger partial charge in [0.2, 0.25) is 11.8 Å². The highest BCUT2D eigenvalue weighted by atomic mass is 16.2. The standard InChI is InChI=1S/C25H24N2O3/c1-13-6-4-9-20(15(13)3)26-23(28)16-7-5-8-18(11-16)27-24(29)21-17-10-14(2)19(12-17)22(21)25(27)30/h4-11,17,19,21-22H,12H2,1-3H3,(H,26,28)/t17-,19+,21+,22+/m1/s1. The minimum Gasteiger partial charge on any atom is -0.322 e. The molecule has 3 amide bonds. The van der Waals surface area contributed by atoms with Crippen LogP contribution in [0.5, 0.6) is 0 Å². The van der Waals surface area contributed by atoms with Crippen LogP contribution in [0.25, 0.3) is 0 Å². The lowest BCUT2D eigenvalue weighted by atomic mass is 9.82. The van der Waals surface area contributed by atoms with Crippen molar-refractivity contribution in [1.29, 1.82) is 0 Å². The highest BCUT2D eigenvalue weighted by Crippen LogP contribution is 2.55. The van der Waals surface area contributed by atoms with Gasteiger partial charge in [-0.1, -0.05) is 29.8 Å². The lowest BCUT2D eigenvalue weighted by molar-refractivity contribution is -0.123. The third-order valence-electron chi connectivity index (χ3n) is 7.10. The third kappa shape index (κ3) is 2.65. The van der Waals surface area contributed by atoms with E-state index in [1.165, 1.54) is 10.5 Å². The van der Waals surface area contributed by atoms with Crippen LogP contribution in [0.15, 0.2) is 54.1 Å². The number of benzene rings is 2. The zero-order valence-corrected chi connectivity index (χ0v) is 17.3. The molecule has 0 aromatic heterocycles. The number of hydrogen-bond donors (Lipinski definition) is 1. The van der Waals surface area contributed by atoms with Crippen LogP contribution >= 0.6 is 0 Å². The molecule has 152 valence electrons. The van der Waals surface area contributed by atoms with Gasteiger partial charge < -0.3 is 5.32 Å². The van der Waals surface area contributed by atoms with Crippen molar-refractivity contribution < 1.29 is 14.4 Å². The number of amides is 3. The molecule has 2 aromatic carbocycles. The van der Waals surface area contributed by atoms with E-state index in [4.69, 9.17) is 0 Å². The molecule has 2 aliphatic carbocycles. The zero-order chi connectivity index (χ0) is 21.2. The molecule has 1 N–H and O–H groups in total. The van der Waals surface area contributed by atoms with Gasteiger partial charge in [-0.3, -0.25) is 14.4 Å². The Kier molecular flexibility index (Phi) is 4.17. The van der Waals surface area contributed by atoms with Crippen LogP contribution < -0.4 is 10.2 Å². The molecule has 3 aliphatic rings. The van der Waals surface area contributed by atoms with E-state index in [0.29, 0.717) is 11.3 Å². The third-order valence-corrected chi connectivity index (χ3v) is 7.10. The van der Waals surface area contributed by atoms with Gasteiger partial charge in [-0.15, -0.1) is 0 Å².